The highest BCUT2D eigenvalue weighted by Gasteiger charge is 2.26. The maximum atomic E-state index is 5.83. The third kappa shape index (κ3) is 2.51. The van der Waals surface area contributed by atoms with Gasteiger partial charge in [0.25, 0.3) is 0 Å². The van der Waals surface area contributed by atoms with Crippen LogP contribution in [-0.2, 0) is 6.54 Å². The molecule has 15 heavy (non-hydrogen) atoms. The van der Waals surface area contributed by atoms with Crippen LogP contribution in [0.25, 0.3) is 0 Å². The van der Waals surface area contributed by atoms with Crippen LogP contribution in [0.1, 0.15) is 31.0 Å². The van der Waals surface area contributed by atoms with Crippen LogP contribution in [0.15, 0.2) is 24.3 Å². The van der Waals surface area contributed by atoms with Crippen LogP contribution in [0.3, 0.4) is 0 Å². The molecule has 3 heteroatoms. The van der Waals surface area contributed by atoms with Gasteiger partial charge < -0.3 is 5.73 Å². The largest absolute Gasteiger partial charge is 0.327 e. The Hall–Kier alpha value is -0.570. The van der Waals surface area contributed by atoms with Crippen LogP contribution in [-0.4, -0.2) is 17.5 Å². The number of nitrogens with zero attached hydrogens (tertiary/aromatic N) is 1. The molecule has 2 unspecified atom stereocenters. The van der Waals surface area contributed by atoms with Crippen molar-refractivity contribution in [2.45, 2.75) is 32.5 Å². The van der Waals surface area contributed by atoms with E-state index in [2.05, 4.69) is 43.0 Å². The van der Waals surface area contributed by atoms with Gasteiger partial charge in [-0.2, -0.15) is 0 Å². The van der Waals surface area contributed by atoms with Crippen molar-refractivity contribution in [3.8, 4) is 0 Å². The molecule has 1 aromatic rings. The van der Waals surface area contributed by atoms with Crippen molar-refractivity contribution < 1.29 is 0 Å². The van der Waals surface area contributed by atoms with E-state index in [4.69, 9.17) is 5.73 Å². The molecule has 0 spiro atoms. The highest BCUT2D eigenvalue weighted by Crippen LogP contribution is 2.32. The SMILES string of the molecule is CC(N)CN1Cc2ccccc2C1C.Cl. The van der Waals surface area contributed by atoms with E-state index < -0.39 is 0 Å². The summed E-state index contributed by atoms with van der Waals surface area (Å²) in [6, 6.07) is 9.45. The zero-order chi connectivity index (χ0) is 10.1. The first-order valence-corrected chi connectivity index (χ1v) is 5.26. The van der Waals surface area contributed by atoms with E-state index in [1.165, 1.54) is 11.1 Å². The number of benzene rings is 1. The average Bonchev–Trinajstić information content (AvgIpc) is 2.44. The van der Waals surface area contributed by atoms with Crippen molar-refractivity contribution in [3.63, 3.8) is 0 Å². The molecule has 1 aliphatic rings. The molecule has 1 heterocycles. The third-order valence-electron chi connectivity index (χ3n) is 2.95. The molecule has 0 radical (unpaired) electrons. The molecular weight excluding hydrogens is 208 g/mol. The zero-order valence-corrected chi connectivity index (χ0v) is 10.1. The van der Waals surface area contributed by atoms with Crippen LogP contribution in [0, 0.1) is 0 Å². The Morgan fingerprint density at radius 1 is 1.47 bits per heavy atom. The lowest BCUT2D eigenvalue weighted by atomic mass is 10.1. The van der Waals surface area contributed by atoms with Crippen molar-refractivity contribution >= 4 is 12.4 Å². The van der Waals surface area contributed by atoms with Crippen molar-refractivity contribution in [2.24, 2.45) is 5.73 Å². The van der Waals surface area contributed by atoms with Gasteiger partial charge in [0, 0.05) is 25.2 Å². The van der Waals surface area contributed by atoms with Gasteiger partial charge in [0.2, 0.25) is 0 Å². The molecule has 0 fully saturated rings. The summed E-state index contributed by atoms with van der Waals surface area (Å²) in [6.07, 6.45) is 0. The summed E-state index contributed by atoms with van der Waals surface area (Å²) >= 11 is 0. The number of rotatable bonds is 2. The second kappa shape index (κ2) is 4.97. The van der Waals surface area contributed by atoms with Crippen LogP contribution in [0.5, 0.6) is 0 Å². The second-order valence-electron chi connectivity index (χ2n) is 4.28. The van der Waals surface area contributed by atoms with Crippen molar-refractivity contribution in [1.29, 1.82) is 0 Å². The number of fused-ring (bicyclic) bond motifs is 1. The Bertz CT molecular complexity index is 325. The highest BCUT2D eigenvalue weighted by molar-refractivity contribution is 5.85. The smallest absolute Gasteiger partial charge is 0.0327 e. The minimum Gasteiger partial charge on any atom is -0.327 e. The first-order valence-electron chi connectivity index (χ1n) is 5.26. The van der Waals surface area contributed by atoms with Gasteiger partial charge in [0.1, 0.15) is 0 Å². The average molecular weight is 227 g/mol. The van der Waals surface area contributed by atoms with Gasteiger partial charge in [-0.05, 0) is 25.0 Å². The third-order valence-corrected chi connectivity index (χ3v) is 2.95. The van der Waals surface area contributed by atoms with Crippen LogP contribution >= 0.6 is 12.4 Å². The maximum Gasteiger partial charge on any atom is 0.0327 e. The van der Waals surface area contributed by atoms with Gasteiger partial charge >= 0.3 is 0 Å². The fraction of sp³-hybridized carbons (Fsp3) is 0.500. The first-order chi connectivity index (χ1) is 6.68. The lowest BCUT2D eigenvalue weighted by Crippen LogP contribution is -2.33. The molecule has 2 N–H and O–H groups in total. The van der Waals surface area contributed by atoms with Crippen molar-refractivity contribution in [1.82, 2.24) is 4.90 Å². The molecule has 2 atom stereocenters. The Morgan fingerprint density at radius 3 is 2.73 bits per heavy atom. The first kappa shape index (κ1) is 12.5. The predicted molar refractivity (Wildman–Crippen MR) is 66.2 cm³/mol. The van der Waals surface area contributed by atoms with E-state index in [0.29, 0.717) is 6.04 Å². The normalized spacial score (nSPS) is 21.9. The highest BCUT2D eigenvalue weighted by atomic mass is 35.5. The van der Waals surface area contributed by atoms with Crippen molar-refractivity contribution in [3.05, 3.63) is 35.4 Å². The Kier molecular flexibility index (Phi) is 4.14. The Labute approximate surface area is 97.9 Å². The molecule has 1 aliphatic heterocycles. The monoisotopic (exact) mass is 226 g/mol. The lowest BCUT2D eigenvalue weighted by molar-refractivity contribution is 0.218. The summed E-state index contributed by atoms with van der Waals surface area (Å²) in [5, 5.41) is 0. The van der Waals surface area contributed by atoms with E-state index in [1.807, 2.05) is 0 Å². The fourth-order valence-electron chi connectivity index (χ4n) is 2.23. The van der Waals surface area contributed by atoms with Gasteiger partial charge in [0.15, 0.2) is 0 Å². The Balaban J connectivity index is 0.00000112. The molecule has 0 aromatic heterocycles. The number of nitrogens with two attached hydrogens (primary N) is 1. The topological polar surface area (TPSA) is 29.3 Å². The summed E-state index contributed by atoms with van der Waals surface area (Å²) in [4.78, 5) is 2.44. The summed E-state index contributed by atoms with van der Waals surface area (Å²) < 4.78 is 0. The number of halogens is 1. The van der Waals surface area contributed by atoms with Gasteiger partial charge in [-0.1, -0.05) is 24.3 Å². The molecule has 84 valence electrons. The fourth-order valence-corrected chi connectivity index (χ4v) is 2.23. The predicted octanol–water partition coefficient (Wildman–Crippen LogP) is 2.33. The quantitative estimate of drug-likeness (QED) is 0.839. The zero-order valence-electron chi connectivity index (χ0n) is 9.31. The maximum absolute atomic E-state index is 5.83. The standard InChI is InChI=1S/C12H18N2.ClH/c1-9(13)7-14-8-11-5-3-4-6-12(11)10(14)2;/h3-6,9-10H,7-8,13H2,1-2H3;1H. The molecule has 2 nitrogen and oxygen atoms in total. The van der Waals surface area contributed by atoms with Crippen LogP contribution in [0.2, 0.25) is 0 Å². The molecule has 0 amide bonds. The molecule has 0 bridgehead atoms. The number of hydrogen-bond acceptors (Lipinski definition) is 2. The number of hydrogen-bond donors (Lipinski definition) is 1. The van der Waals surface area contributed by atoms with Crippen LogP contribution in [0.4, 0.5) is 0 Å². The summed E-state index contributed by atoms with van der Waals surface area (Å²) in [5.74, 6) is 0. The molecule has 1 aromatic carbocycles. The van der Waals surface area contributed by atoms with Crippen LogP contribution < -0.4 is 5.73 Å². The van der Waals surface area contributed by atoms with E-state index in [-0.39, 0.29) is 18.4 Å². The molecular formula is C12H19ClN2. The van der Waals surface area contributed by atoms with Crippen molar-refractivity contribution in [2.75, 3.05) is 6.54 Å². The van der Waals surface area contributed by atoms with Gasteiger partial charge in [-0.3, -0.25) is 4.90 Å². The Morgan fingerprint density at radius 2 is 2.13 bits per heavy atom. The van der Waals surface area contributed by atoms with E-state index in [9.17, 15) is 0 Å². The minimum absolute atomic E-state index is 0. The second-order valence-corrected chi connectivity index (χ2v) is 4.28. The molecule has 0 saturated heterocycles. The van der Waals surface area contributed by atoms with E-state index >= 15 is 0 Å². The summed E-state index contributed by atoms with van der Waals surface area (Å²) in [7, 11) is 0. The molecule has 0 saturated carbocycles. The lowest BCUT2D eigenvalue weighted by Gasteiger charge is -2.23. The summed E-state index contributed by atoms with van der Waals surface area (Å²) in [5.41, 5.74) is 8.75. The summed E-state index contributed by atoms with van der Waals surface area (Å²) in [6.45, 7) is 6.36. The molecule has 2 rings (SSSR count). The van der Waals surface area contributed by atoms with Gasteiger partial charge in [-0.15, -0.1) is 12.4 Å². The minimum atomic E-state index is 0. The van der Waals surface area contributed by atoms with E-state index in [1.54, 1.807) is 0 Å². The van der Waals surface area contributed by atoms with Gasteiger partial charge in [0.05, 0.1) is 0 Å². The molecule has 0 aliphatic carbocycles. The van der Waals surface area contributed by atoms with Gasteiger partial charge in [-0.25, -0.2) is 0 Å². The van der Waals surface area contributed by atoms with E-state index in [0.717, 1.165) is 13.1 Å².